The minimum absolute atomic E-state index is 0.158. The molecule has 0 bridgehead atoms. The molecular formula is C15H24N6O5. The van der Waals surface area contributed by atoms with E-state index in [2.05, 4.69) is 15.3 Å². The number of ether oxygens (including phenoxy) is 2. The van der Waals surface area contributed by atoms with Crippen molar-refractivity contribution in [2.75, 3.05) is 63.3 Å². The molecular weight excluding hydrogens is 344 g/mol. The topological polar surface area (TPSA) is 123 Å². The Morgan fingerprint density at radius 1 is 1.35 bits per heavy atom. The van der Waals surface area contributed by atoms with Crippen LogP contribution >= 0.6 is 0 Å². The van der Waals surface area contributed by atoms with E-state index in [1.54, 1.807) is 23.8 Å². The zero-order valence-corrected chi connectivity index (χ0v) is 15.0. The smallest absolute Gasteiger partial charge is 0.409 e. The van der Waals surface area contributed by atoms with Gasteiger partial charge in [0.05, 0.1) is 11.5 Å². The molecule has 1 aliphatic heterocycles. The number of nitrogens with one attached hydrogen (secondary N) is 1. The molecule has 1 N–H and O–H groups in total. The highest BCUT2D eigenvalue weighted by atomic mass is 16.6. The lowest BCUT2D eigenvalue weighted by Gasteiger charge is -2.34. The van der Waals surface area contributed by atoms with Crippen molar-refractivity contribution in [2.24, 2.45) is 0 Å². The van der Waals surface area contributed by atoms with Crippen molar-refractivity contribution in [1.29, 1.82) is 0 Å². The highest BCUT2D eigenvalue weighted by Gasteiger charge is 2.30. The van der Waals surface area contributed by atoms with Crippen molar-refractivity contribution < 1.29 is 19.2 Å². The first kappa shape index (κ1) is 19.6. The molecule has 0 aliphatic carbocycles. The van der Waals surface area contributed by atoms with Gasteiger partial charge in [0.15, 0.2) is 0 Å². The molecule has 0 radical (unpaired) electrons. The van der Waals surface area contributed by atoms with Gasteiger partial charge in [0.1, 0.15) is 6.33 Å². The second-order valence-electron chi connectivity index (χ2n) is 5.60. The molecule has 1 aromatic heterocycles. The van der Waals surface area contributed by atoms with E-state index in [-0.39, 0.29) is 23.4 Å². The lowest BCUT2D eigenvalue weighted by molar-refractivity contribution is -0.383. The molecule has 26 heavy (non-hydrogen) atoms. The van der Waals surface area contributed by atoms with Crippen LogP contribution in [0.25, 0.3) is 0 Å². The summed E-state index contributed by atoms with van der Waals surface area (Å²) in [6.07, 6.45) is 1.63. The van der Waals surface area contributed by atoms with Crippen LogP contribution in [0, 0.1) is 10.1 Å². The van der Waals surface area contributed by atoms with Gasteiger partial charge in [-0.15, -0.1) is 0 Å². The Morgan fingerprint density at radius 3 is 2.69 bits per heavy atom. The van der Waals surface area contributed by atoms with Gasteiger partial charge in [-0.25, -0.2) is 14.8 Å². The summed E-state index contributed by atoms with van der Waals surface area (Å²) in [5, 5.41) is 14.6. The van der Waals surface area contributed by atoms with Crippen molar-refractivity contribution in [3.05, 3.63) is 16.4 Å². The minimum Gasteiger partial charge on any atom is -0.450 e. The molecule has 1 aromatic rings. The molecule has 1 aliphatic rings. The van der Waals surface area contributed by atoms with Crippen LogP contribution in [0.3, 0.4) is 0 Å². The number of amides is 1. The number of carbonyl (C=O) groups is 1. The van der Waals surface area contributed by atoms with Gasteiger partial charge < -0.3 is 24.6 Å². The van der Waals surface area contributed by atoms with Gasteiger partial charge in [0.2, 0.25) is 11.6 Å². The average Bonchev–Trinajstić information content (AvgIpc) is 2.65. The lowest BCUT2D eigenvalue weighted by atomic mass is 10.3. The SMILES string of the molecule is CCOC(=O)N1CCN(c2ncnc(NCCCOC)c2[N+](=O)[O-])CC1. The van der Waals surface area contributed by atoms with Crippen LogP contribution in [-0.4, -0.2) is 78.9 Å². The number of nitrogens with zero attached hydrogens (tertiary/aromatic N) is 5. The zero-order valence-electron chi connectivity index (χ0n) is 15.0. The molecule has 0 aromatic carbocycles. The van der Waals surface area contributed by atoms with Gasteiger partial charge in [-0.2, -0.15) is 0 Å². The van der Waals surface area contributed by atoms with E-state index in [4.69, 9.17) is 9.47 Å². The largest absolute Gasteiger partial charge is 0.450 e. The van der Waals surface area contributed by atoms with Crippen LogP contribution < -0.4 is 10.2 Å². The van der Waals surface area contributed by atoms with Crippen LogP contribution in [0.15, 0.2) is 6.33 Å². The highest BCUT2D eigenvalue weighted by Crippen LogP contribution is 2.32. The third kappa shape index (κ3) is 4.91. The molecule has 2 heterocycles. The zero-order chi connectivity index (χ0) is 18.9. The monoisotopic (exact) mass is 368 g/mol. The summed E-state index contributed by atoms with van der Waals surface area (Å²) in [5.41, 5.74) is -0.158. The minimum atomic E-state index is -0.480. The normalized spacial score (nSPS) is 14.2. The van der Waals surface area contributed by atoms with Crippen molar-refractivity contribution in [2.45, 2.75) is 13.3 Å². The standard InChI is InChI=1S/C15H24N6O5/c1-3-26-15(22)20-8-6-19(7-9-20)14-12(21(23)24)13(17-11-18-14)16-5-4-10-25-2/h11H,3-10H2,1-2H3,(H,16,17,18). The fourth-order valence-electron chi connectivity index (χ4n) is 2.64. The lowest BCUT2D eigenvalue weighted by Crippen LogP contribution is -2.49. The number of rotatable bonds is 8. The van der Waals surface area contributed by atoms with Crippen molar-refractivity contribution >= 4 is 23.4 Å². The molecule has 0 atom stereocenters. The molecule has 11 heteroatoms. The fourth-order valence-corrected chi connectivity index (χ4v) is 2.64. The second kappa shape index (κ2) is 9.70. The van der Waals surface area contributed by atoms with Gasteiger partial charge in [-0.05, 0) is 13.3 Å². The van der Waals surface area contributed by atoms with Gasteiger partial charge in [-0.1, -0.05) is 0 Å². The van der Waals surface area contributed by atoms with Crippen molar-refractivity contribution in [1.82, 2.24) is 14.9 Å². The Labute approximate surface area is 151 Å². The second-order valence-corrected chi connectivity index (χ2v) is 5.60. The average molecular weight is 368 g/mol. The first-order valence-corrected chi connectivity index (χ1v) is 8.47. The molecule has 0 unspecified atom stereocenters. The Morgan fingerprint density at radius 2 is 2.08 bits per heavy atom. The van der Waals surface area contributed by atoms with Crippen LogP contribution in [0.1, 0.15) is 13.3 Å². The Bertz CT molecular complexity index is 621. The van der Waals surface area contributed by atoms with Gasteiger partial charge in [0.25, 0.3) is 0 Å². The van der Waals surface area contributed by atoms with Gasteiger partial charge >= 0.3 is 11.8 Å². The number of anilines is 2. The van der Waals surface area contributed by atoms with E-state index < -0.39 is 4.92 Å². The molecule has 1 amide bonds. The number of nitro groups is 1. The number of carbonyl (C=O) groups excluding carboxylic acids is 1. The number of aromatic nitrogens is 2. The maximum atomic E-state index is 11.8. The number of piperazine rings is 1. The molecule has 2 rings (SSSR count). The highest BCUT2D eigenvalue weighted by molar-refractivity contribution is 5.71. The van der Waals surface area contributed by atoms with Crippen LogP contribution in [0.4, 0.5) is 22.1 Å². The first-order valence-electron chi connectivity index (χ1n) is 8.47. The van der Waals surface area contributed by atoms with Crippen molar-refractivity contribution in [3.8, 4) is 0 Å². The van der Waals surface area contributed by atoms with Crippen LogP contribution in [-0.2, 0) is 9.47 Å². The number of hydrogen-bond donors (Lipinski definition) is 1. The van der Waals surface area contributed by atoms with E-state index in [0.717, 1.165) is 0 Å². The molecule has 0 spiro atoms. The fraction of sp³-hybridized carbons (Fsp3) is 0.667. The Kier molecular flexibility index (Phi) is 7.33. The third-order valence-corrected chi connectivity index (χ3v) is 3.91. The molecule has 1 saturated heterocycles. The maximum Gasteiger partial charge on any atom is 0.409 e. The van der Waals surface area contributed by atoms with E-state index in [1.807, 2.05) is 0 Å². The summed E-state index contributed by atoms with van der Waals surface area (Å²) in [5.74, 6) is 0.437. The Balaban J connectivity index is 2.09. The molecule has 0 saturated carbocycles. The number of hydrogen-bond acceptors (Lipinski definition) is 9. The molecule has 144 valence electrons. The summed E-state index contributed by atoms with van der Waals surface area (Å²) in [7, 11) is 1.60. The van der Waals surface area contributed by atoms with Crippen LogP contribution in [0.2, 0.25) is 0 Å². The number of methoxy groups -OCH3 is 1. The summed E-state index contributed by atoms with van der Waals surface area (Å²) < 4.78 is 9.95. The summed E-state index contributed by atoms with van der Waals surface area (Å²) in [6, 6.07) is 0. The third-order valence-electron chi connectivity index (χ3n) is 3.91. The summed E-state index contributed by atoms with van der Waals surface area (Å²) in [6.45, 7) is 4.80. The first-order chi connectivity index (χ1) is 12.6. The Hall–Kier alpha value is -2.69. The summed E-state index contributed by atoms with van der Waals surface area (Å²) in [4.78, 5) is 34.4. The van der Waals surface area contributed by atoms with Gasteiger partial charge in [0, 0.05) is 46.4 Å². The molecule has 1 fully saturated rings. The maximum absolute atomic E-state index is 11.8. The quantitative estimate of drug-likeness (QED) is 0.408. The predicted molar refractivity (Wildman–Crippen MR) is 94.5 cm³/mol. The van der Waals surface area contributed by atoms with E-state index in [1.165, 1.54) is 6.33 Å². The van der Waals surface area contributed by atoms with Crippen LogP contribution in [0.5, 0.6) is 0 Å². The van der Waals surface area contributed by atoms with Gasteiger partial charge in [-0.3, -0.25) is 10.1 Å². The van der Waals surface area contributed by atoms with Crippen molar-refractivity contribution in [3.63, 3.8) is 0 Å². The van der Waals surface area contributed by atoms with E-state index in [0.29, 0.717) is 52.4 Å². The van der Waals surface area contributed by atoms with E-state index >= 15 is 0 Å². The summed E-state index contributed by atoms with van der Waals surface area (Å²) >= 11 is 0. The molecule has 11 nitrogen and oxygen atoms in total. The predicted octanol–water partition coefficient (Wildman–Crippen LogP) is 1.11. The van der Waals surface area contributed by atoms with E-state index in [9.17, 15) is 14.9 Å².